The van der Waals surface area contributed by atoms with Gasteiger partial charge in [0.2, 0.25) is 5.91 Å². The van der Waals surface area contributed by atoms with E-state index < -0.39 is 5.41 Å². The van der Waals surface area contributed by atoms with Gasteiger partial charge in [0.05, 0.1) is 6.04 Å². The van der Waals surface area contributed by atoms with E-state index in [4.69, 9.17) is 0 Å². The van der Waals surface area contributed by atoms with E-state index in [1.807, 2.05) is 20.8 Å². The van der Waals surface area contributed by atoms with Crippen LogP contribution in [0.3, 0.4) is 0 Å². The molecule has 1 aliphatic carbocycles. The second-order valence-electron chi connectivity index (χ2n) is 4.99. The van der Waals surface area contributed by atoms with Crippen LogP contribution >= 0.6 is 0 Å². The quantitative estimate of drug-likeness (QED) is 0.695. The molecular weight excluding hydrogens is 178 g/mol. The lowest BCUT2D eigenvalue weighted by Crippen LogP contribution is -2.46. The Morgan fingerprint density at radius 3 is 2.50 bits per heavy atom. The Morgan fingerprint density at radius 1 is 1.36 bits per heavy atom. The number of hydrogen-bond donors (Lipinski definition) is 1. The first-order valence-electron chi connectivity index (χ1n) is 5.25. The van der Waals surface area contributed by atoms with Crippen LogP contribution in [-0.2, 0) is 9.59 Å². The second kappa shape index (κ2) is 4.11. The van der Waals surface area contributed by atoms with Crippen LogP contribution in [-0.4, -0.2) is 17.7 Å². The zero-order valence-electron chi connectivity index (χ0n) is 9.22. The SMILES string of the molecule is CC(C)(C)C(=O)N[C@H]1CCCCC1=O. The number of amides is 1. The molecule has 0 saturated heterocycles. The molecule has 80 valence electrons. The van der Waals surface area contributed by atoms with E-state index in [9.17, 15) is 9.59 Å². The maximum absolute atomic E-state index is 11.6. The van der Waals surface area contributed by atoms with Gasteiger partial charge in [-0.3, -0.25) is 9.59 Å². The van der Waals surface area contributed by atoms with E-state index in [1.165, 1.54) is 0 Å². The molecule has 1 atom stereocenters. The number of ketones is 1. The monoisotopic (exact) mass is 197 g/mol. The van der Waals surface area contributed by atoms with Crippen molar-refractivity contribution < 1.29 is 9.59 Å². The summed E-state index contributed by atoms with van der Waals surface area (Å²) in [5, 5.41) is 2.82. The highest BCUT2D eigenvalue weighted by molar-refractivity contribution is 5.91. The van der Waals surface area contributed by atoms with Gasteiger partial charge in [0, 0.05) is 11.8 Å². The van der Waals surface area contributed by atoms with Gasteiger partial charge in [0.25, 0.3) is 0 Å². The molecule has 1 saturated carbocycles. The molecule has 3 nitrogen and oxygen atoms in total. The molecule has 0 radical (unpaired) electrons. The lowest BCUT2D eigenvalue weighted by Gasteiger charge is -2.25. The first-order valence-corrected chi connectivity index (χ1v) is 5.25. The van der Waals surface area contributed by atoms with Gasteiger partial charge >= 0.3 is 0 Å². The highest BCUT2D eigenvalue weighted by Crippen LogP contribution is 2.18. The third-order valence-electron chi connectivity index (χ3n) is 2.54. The van der Waals surface area contributed by atoms with Crippen molar-refractivity contribution >= 4 is 11.7 Å². The summed E-state index contributed by atoms with van der Waals surface area (Å²) in [6.07, 6.45) is 3.44. The van der Waals surface area contributed by atoms with E-state index in [0.29, 0.717) is 6.42 Å². The summed E-state index contributed by atoms with van der Waals surface area (Å²) in [4.78, 5) is 23.1. The number of Topliss-reactive ketones (excluding diaryl/α,β-unsaturated/α-hetero) is 1. The van der Waals surface area contributed by atoms with Gasteiger partial charge in [-0.1, -0.05) is 27.2 Å². The number of carbonyl (C=O) groups is 2. The Hall–Kier alpha value is -0.860. The fourth-order valence-corrected chi connectivity index (χ4v) is 1.51. The van der Waals surface area contributed by atoms with E-state index in [-0.39, 0.29) is 17.7 Å². The first-order chi connectivity index (χ1) is 6.41. The molecule has 0 aliphatic heterocycles. The summed E-state index contributed by atoms with van der Waals surface area (Å²) >= 11 is 0. The molecule has 0 bridgehead atoms. The van der Waals surface area contributed by atoms with Crippen molar-refractivity contribution in [3.05, 3.63) is 0 Å². The molecule has 3 heteroatoms. The number of nitrogens with one attached hydrogen (secondary N) is 1. The van der Waals surface area contributed by atoms with Crippen molar-refractivity contribution in [3.8, 4) is 0 Å². The molecule has 0 unspecified atom stereocenters. The van der Waals surface area contributed by atoms with Crippen LogP contribution < -0.4 is 5.32 Å². The van der Waals surface area contributed by atoms with Crippen molar-refractivity contribution in [2.75, 3.05) is 0 Å². The lowest BCUT2D eigenvalue weighted by atomic mass is 9.91. The predicted octanol–water partition coefficient (Wildman–Crippen LogP) is 1.66. The molecule has 14 heavy (non-hydrogen) atoms. The minimum absolute atomic E-state index is 0.0299. The summed E-state index contributed by atoms with van der Waals surface area (Å²) in [5.74, 6) is 0.159. The maximum atomic E-state index is 11.6. The molecule has 1 amide bonds. The van der Waals surface area contributed by atoms with Gasteiger partial charge < -0.3 is 5.32 Å². The normalized spacial score (nSPS) is 23.4. The lowest BCUT2D eigenvalue weighted by molar-refractivity contribution is -0.133. The fraction of sp³-hybridized carbons (Fsp3) is 0.818. The van der Waals surface area contributed by atoms with Gasteiger partial charge in [0.15, 0.2) is 5.78 Å². The van der Waals surface area contributed by atoms with E-state index in [2.05, 4.69) is 5.32 Å². The van der Waals surface area contributed by atoms with Gasteiger partial charge in [-0.15, -0.1) is 0 Å². The van der Waals surface area contributed by atoms with Crippen LogP contribution in [0.4, 0.5) is 0 Å². The minimum Gasteiger partial charge on any atom is -0.346 e. The van der Waals surface area contributed by atoms with Crippen LogP contribution in [0.15, 0.2) is 0 Å². The molecule has 1 aliphatic rings. The van der Waals surface area contributed by atoms with Crippen molar-refractivity contribution in [2.24, 2.45) is 5.41 Å². The number of rotatable bonds is 1. The zero-order valence-corrected chi connectivity index (χ0v) is 9.22. The van der Waals surface area contributed by atoms with Crippen LogP contribution in [0.2, 0.25) is 0 Å². The molecule has 0 spiro atoms. The summed E-state index contributed by atoms with van der Waals surface area (Å²) in [7, 11) is 0. The molecule has 0 aromatic rings. The Labute approximate surface area is 85.3 Å². The van der Waals surface area contributed by atoms with Gasteiger partial charge in [0.1, 0.15) is 0 Å². The number of carbonyl (C=O) groups excluding carboxylic acids is 2. The third kappa shape index (κ3) is 2.82. The van der Waals surface area contributed by atoms with E-state index >= 15 is 0 Å². The van der Waals surface area contributed by atoms with Crippen LogP contribution in [0.1, 0.15) is 46.5 Å². The van der Waals surface area contributed by atoms with E-state index in [0.717, 1.165) is 19.3 Å². The van der Waals surface area contributed by atoms with Crippen LogP contribution in [0.5, 0.6) is 0 Å². The van der Waals surface area contributed by atoms with Crippen molar-refractivity contribution in [3.63, 3.8) is 0 Å². The van der Waals surface area contributed by atoms with Crippen molar-refractivity contribution in [1.29, 1.82) is 0 Å². The standard InChI is InChI=1S/C11H19NO2/c1-11(2,3)10(14)12-8-6-4-5-7-9(8)13/h8H,4-7H2,1-3H3,(H,12,14)/t8-/m0/s1. The third-order valence-corrected chi connectivity index (χ3v) is 2.54. The Kier molecular flexibility index (Phi) is 3.29. The minimum atomic E-state index is -0.405. The summed E-state index contributed by atoms with van der Waals surface area (Å²) in [5.41, 5.74) is -0.405. The van der Waals surface area contributed by atoms with Gasteiger partial charge in [-0.2, -0.15) is 0 Å². The topological polar surface area (TPSA) is 46.2 Å². The number of hydrogen-bond acceptors (Lipinski definition) is 2. The summed E-state index contributed by atoms with van der Waals surface area (Å²) in [6.45, 7) is 5.57. The average molecular weight is 197 g/mol. The maximum Gasteiger partial charge on any atom is 0.225 e. The predicted molar refractivity (Wildman–Crippen MR) is 54.9 cm³/mol. The highest BCUT2D eigenvalue weighted by Gasteiger charge is 2.28. The summed E-state index contributed by atoms with van der Waals surface area (Å²) < 4.78 is 0. The van der Waals surface area contributed by atoms with Gasteiger partial charge in [-0.25, -0.2) is 0 Å². The van der Waals surface area contributed by atoms with Crippen molar-refractivity contribution in [2.45, 2.75) is 52.5 Å². The first kappa shape index (κ1) is 11.2. The second-order valence-corrected chi connectivity index (χ2v) is 4.99. The average Bonchev–Trinajstić information content (AvgIpc) is 2.07. The van der Waals surface area contributed by atoms with Crippen LogP contribution in [0.25, 0.3) is 0 Å². The molecule has 1 N–H and O–H groups in total. The highest BCUT2D eigenvalue weighted by atomic mass is 16.2. The largest absolute Gasteiger partial charge is 0.346 e. The summed E-state index contributed by atoms with van der Waals surface area (Å²) in [6, 6.07) is -0.226. The van der Waals surface area contributed by atoms with E-state index in [1.54, 1.807) is 0 Å². The molecule has 0 aromatic carbocycles. The molecule has 1 fully saturated rings. The fourth-order valence-electron chi connectivity index (χ4n) is 1.51. The molecular formula is C11H19NO2. The van der Waals surface area contributed by atoms with Crippen LogP contribution in [0, 0.1) is 5.41 Å². The molecule has 0 heterocycles. The Balaban J connectivity index is 2.51. The zero-order chi connectivity index (χ0) is 10.8. The smallest absolute Gasteiger partial charge is 0.225 e. The molecule has 0 aromatic heterocycles. The van der Waals surface area contributed by atoms with Gasteiger partial charge in [-0.05, 0) is 12.8 Å². The Morgan fingerprint density at radius 2 is 2.00 bits per heavy atom. The molecule has 1 rings (SSSR count). The van der Waals surface area contributed by atoms with Crippen molar-refractivity contribution in [1.82, 2.24) is 5.32 Å². The Bertz CT molecular complexity index is 240.